The maximum atomic E-state index is 16.8. The molecule has 4 fully saturated rings. The number of halogens is 3. The van der Waals surface area contributed by atoms with Crippen molar-refractivity contribution in [2.24, 2.45) is 0 Å². The van der Waals surface area contributed by atoms with Crippen molar-refractivity contribution in [3.05, 3.63) is 53.1 Å². The van der Waals surface area contributed by atoms with Gasteiger partial charge in [0.15, 0.2) is 17.4 Å². The highest BCUT2D eigenvalue weighted by atomic mass is 35.5. The number of aromatic nitrogens is 2. The molecule has 8 rings (SSSR count). The van der Waals surface area contributed by atoms with E-state index in [1.165, 1.54) is 18.9 Å². The van der Waals surface area contributed by atoms with Crippen LogP contribution in [0.15, 0.2) is 36.4 Å². The molecule has 8 nitrogen and oxygen atoms in total. The first-order chi connectivity index (χ1) is 22.4. The van der Waals surface area contributed by atoms with Crippen LogP contribution in [0.4, 0.5) is 14.6 Å². The lowest BCUT2D eigenvalue weighted by Gasteiger charge is -2.48. The summed E-state index contributed by atoms with van der Waals surface area (Å²) in [7, 11) is 0. The van der Waals surface area contributed by atoms with Gasteiger partial charge in [0.05, 0.1) is 24.3 Å². The number of nitrogens with one attached hydrogen (secondary N) is 1. The molecule has 46 heavy (non-hydrogen) atoms. The zero-order valence-electron chi connectivity index (χ0n) is 25.7. The second-order valence-electron chi connectivity index (χ2n) is 13.1. The minimum Gasteiger partial charge on any atom is -0.505 e. The average molecular weight is 650 g/mol. The lowest BCUT2D eigenvalue weighted by atomic mass is 9.86. The number of piperazine rings is 1. The first kappa shape index (κ1) is 30.1. The number of anilines is 1. The number of fused-ring (bicyclic) bond motifs is 5. The van der Waals surface area contributed by atoms with Gasteiger partial charge in [0.25, 0.3) is 0 Å². The highest BCUT2D eigenvalue weighted by molar-refractivity contribution is 6.35. The Balaban J connectivity index is 1.10. The van der Waals surface area contributed by atoms with Crippen molar-refractivity contribution in [1.82, 2.24) is 20.2 Å². The molecule has 242 valence electrons. The minimum atomic E-state index is -0.937. The van der Waals surface area contributed by atoms with Gasteiger partial charge in [0, 0.05) is 54.3 Å². The third kappa shape index (κ3) is 5.43. The molecular weight excluding hydrogens is 612 g/mol. The molecule has 0 radical (unpaired) electrons. The molecule has 3 aliphatic heterocycles. The molecule has 4 unspecified atom stereocenters. The van der Waals surface area contributed by atoms with Crippen LogP contribution >= 0.6 is 11.6 Å². The van der Waals surface area contributed by atoms with Crippen molar-refractivity contribution in [1.29, 1.82) is 0 Å². The van der Waals surface area contributed by atoms with Crippen molar-refractivity contribution in [3.63, 3.8) is 0 Å². The molecule has 3 aromatic carbocycles. The average Bonchev–Trinajstić information content (AvgIpc) is 3.38. The third-order valence-corrected chi connectivity index (χ3v) is 10.5. The van der Waals surface area contributed by atoms with E-state index in [-0.39, 0.29) is 27.7 Å². The Kier molecular flexibility index (Phi) is 8.08. The number of unbranched alkanes of at least 4 members (excludes halogenated alkanes) is 2. The molecule has 2 bridgehead atoms. The molecule has 11 heteroatoms. The summed E-state index contributed by atoms with van der Waals surface area (Å²) < 4.78 is 44.3. The molecule has 4 atom stereocenters. The molecule has 1 aromatic heterocycles. The lowest BCUT2D eigenvalue weighted by molar-refractivity contribution is -0.120. The minimum absolute atomic E-state index is 0.0134. The van der Waals surface area contributed by atoms with Gasteiger partial charge in [-0.3, -0.25) is 4.90 Å². The maximum Gasteiger partial charge on any atom is 0.319 e. The summed E-state index contributed by atoms with van der Waals surface area (Å²) in [5.74, 6) is -1.72. The quantitative estimate of drug-likeness (QED) is 0.201. The number of nitrogens with zero attached hydrogens (tertiary/aromatic N) is 4. The van der Waals surface area contributed by atoms with Crippen LogP contribution in [0, 0.1) is 11.6 Å². The zero-order valence-corrected chi connectivity index (χ0v) is 26.4. The summed E-state index contributed by atoms with van der Waals surface area (Å²) in [6, 6.07) is 11.2. The van der Waals surface area contributed by atoms with Gasteiger partial charge in [-0.1, -0.05) is 35.9 Å². The highest BCUT2D eigenvalue weighted by Gasteiger charge is 2.39. The standard InChI is InChI=1S/C35H38ClF2N5O3/c36-25-17-24-33(32(38)30(25)29-23-7-3-2-6-20(23)16-27(44)31(29)37)40-35(41-34(24)43-18-21-8-9-22(19-43)39-21)46-14-5-1-4-12-42-13-15-45-28-11-10-26(28)42/h2-3,6-7,16-17,21-22,26,28,39,44H,1,4-5,8-15,18-19H2. The maximum absolute atomic E-state index is 16.8. The van der Waals surface area contributed by atoms with Crippen molar-refractivity contribution >= 4 is 39.1 Å². The zero-order chi connectivity index (χ0) is 31.4. The molecule has 4 aromatic rings. The Morgan fingerprint density at radius 2 is 1.78 bits per heavy atom. The Morgan fingerprint density at radius 3 is 2.59 bits per heavy atom. The fraction of sp³-hybridized carbons (Fsp3) is 0.486. The molecule has 1 aliphatic carbocycles. The normalized spacial score (nSPS) is 24.4. The fourth-order valence-electron chi connectivity index (χ4n) is 7.80. The van der Waals surface area contributed by atoms with Gasteiger partial charge < -0.3 is 24.8 Å². The van der Waals surface area contributed by atoms with Crippen molar-refractivity contribution in [3.8, 4) is 22.9 Å². The van der Waals surface area contributed by atoms with E-state index in [9.17, 15) is 5.11 Å². The number of morpholine rings is 1. The Labute approximate surface area is 271 Å². The molecule has 4 aliphatic rings. The topological polar surface area (TPSA) is 83.0 Å². The van der Waals surface area contributed by atoms with E-state index >= 15 is 8.78 Å². The SMILES string of the molecule is Oc1cc2ccccc2c(-c2c(Cl)cc3c(N4CC5CCC(C4)N5)nc(OCCCCCN4CCOC5CCC54)nc3c2F)c1F. The van der Waals surface area contributed by atoms with Crippen LogP contribution in [0.2, 0.25) is 5.02 Å². The van der Waals surface area contributed by atoms with Gasteiger partial charge in [0.1, 0.15) is 11.3 Å². The highest BCUT2D eigenvalue weighted by Crippen LogP contribution is 2.44. The number of hydrogen-bond acceptors (Lipinski definition) is 8. The number of phenols is 1. The Morgan fingerprint density at radius 1 is 0.957 bits per heavy atom. The van der Waals surface area contributed by atoms with Gasteiger partial charge in [0.2, 0.25) is 0 Å². The number of benzene rings is 3. The van der Waals surface area contributed by atoms with Crippen molar-refractivity contribution in [2.45, 2.75) is 69.2 Å². The van der Waals surface area contributed by atoms with E-state index in [0.717, 1.165) is 64.9 Å². The second-order valence-corrected chi connectivity index (χ2v) is 13.5. The van der Waals surface area contributed by atoms with Gasteiger partial charge in [-0.05, 0) is 74.4 Å². The van der Waals surface area contributed by atoms with E-state index in [1.807, 2.05) is 0 Å². The van der Waals surface area contributed by atoms with Gasteiger partial charge in [-0.2, -0.15) is 9.97 Å². The van der Waals surface area contributed by atoms with Gasteiger partial charge in [-0.15, -0.1) is 0 Å². The molecule has 1 saturated carbocycles. The number of phenolic OH excluding ortho intramolecular Hbond substituents is 1. The van der Waals surface area contributed by atoms with Crippen LogP contribution in [-0.4, -0.2) is 83.6 Å². The molecule has 0 amide bonds. The summed E-state index contributed by atoms with van der Waals surface area (Å²) in [6.45, 7) is 4.72. The number of ether oxygens (including phenoxy) is 2. The predicted molar refractivity (Wildman–Crippen MR) is 175 cm³/mol. The number of aromatic hydroxyl groups is 1. The summed E-state index contributed by atoms with van der Waals surface area (Å²) in [5, 5.41) is 15.5. The first-order valence-electron chi connectivity index (χ1n) is 16.5. The lowest BCUT2D eigenvalue weighted by Crippen LogP contribution is -2.57. The monoisotopic (exact) mass is 649 g/mol. The van der Waals surface area contributed by atoms with Crippen LogP contribution in [0.25, 0.3) is 32.8 Å². The van der Waals surface area contributed by atoms with Crippen LogP contribution in [0.1, 0.15) is 44.9 Å². The second kappa shape index (κ2) is 12.4. The van der Waals surface area contributed by atoms with Crippen LogP contribution in [0.5, 0.6) is 11.8 Å². The van der Waals surface area contributed by atoms with Crippen molar-refractivity contribution < 1.29 is 23.4 Å². The van der Waals surface area contributed by atoms with Gasteiger partial charge >= 0.3 is 6.01 Å². The molecule has 4 heterocycles. The van der Waals surface area contributed by atoms with E-state index in [2.05, 4.69) is 20.1 Å². The Bertz CT molecular complexity index is 1780. The summed E-state index contributed by atoms with van der Waals surface area (Å²) >= 11 is 6.78. The summed E-state index contributed by atoms with van der Waals surface area (Å²) in [5.41, 5.74) is -0.234. The van der Waals surface area contributed by atoms with E-state index in [4.69, 9.17) is 26.1 Å². The summed E-state index contributed by atoms with van der Waals surface area (Å²) in [4.78, 5) is 14.1. The molecule has 3 saturated heterocycles. The van der Waals surface area contributed by atoms with Crippen LogP contribution < -0.4 is 15.0 Å². The van der Waals surface area contributed by atoms with Crippen LogP contribution in [-0.2, 0) is 4.74 Å². The number of rotatable bonds is 9. The molecular formula is C35H38ClF2N5O3. The smallest absolute Gasteiger partial charge is 0.319 e. The Hall–Kier alpha value is -3.31. The molecule has 0 spiro atoms. The van der Waals surface area contributed by atoms with E-state index in [0.29, 0.717) is 52.8 Å². The van der Waals surface area contributed by atoms with Crippen LogP contribution in [0.3, 0.4) is 0 Å². The summed E-state index contributed by atoms with van der Waals surface area (Å²) in [6.07, 6.45) is 7.84. The predicted octanol–water partition coefficient (Wildman–Crippen LogP) is 6.44. The van der Waals surface area contributed by atoms with Crippen molar-refractivity contribution in [2.75, 3.05) is 44.3 Å². The third-order valence-electron chi connectivity index (χ3n) is 10.3. The van der Waals surface area contributed by atoms with E-state index in [1.54, 1.807) is 30.3 Å². The number of hydrogen-bond donors (Lipinski definition) is 2. The first-order valence-corrected chi connectivity index (χ1v) is 16.9. The fourth-order valence-corrected chi connectivity index (χ4v) is 8.09. The van der Waals surface area contributed by atoms with E-state index < -0.39 is 17.4 Å². The van der Waals surface area contributed by atoms with Gasteiger partial charge in [-0.25, -0.2) is 8.78 Å². The largest absolute Gasteiger partial charge is 0.505 e. The molecule has 2 N–H and O–H groups in total.